The second kappa shape index (κ2) is 3.50. The van der Waals surface area contributed by atoms with Crippen molar-refractivity contribution in [1.82, 2.24) is 0 Å². The third-order valence-corrected chi connectivity index (χ3v) is 5.96. The van der Waals surface area contributed by atoms with Crippen molar-refractivity contribution in [2.24, 2.45) is 28.6 Å². The molecule has 3 unspecified atom stereocenters. The lowest BCUT2D eigenvalue weighted by Crippen LogP contribution is -2.48. The van der Waals surface area contributed by atoms with Gasteiger partial charge in [0.05, 0.1) is 0 Å². The molecular formula is C15H28. The molecule has 0 aromatic rings. The van der Waals surface area contributed by atoms with E-state index in [4.69, 9.17) is 0 Å². The average Bonchev–Trinajstić information content (AvgIpc) is 2.12. The van der Waals surface area contributed by atoms with E-state index in [1.54, 1.807) is 0 Å². The van der Waals surface area contributed by atoms with Crippen LogP contribution in [0, 0.1) is 28.6 Å². The fraction of sp³-hybridized carbons (Fsp3) is 1.00. The molecule has 0 N–H and O–H groups in total. The molecule has 0 heteroatoms. The summed E-state index contributed by atoms with van der Waals surface area (Å²) < 4.78 is 0. The molecule has 88 valence electrons. The Kier molecular flexibility index (Phi) is 2.68. The molecule has 0 heterocycles. The minimum absolute atomic E-state index is 0.584. The summed E-state index contributed by atoms with van der Waals surface area (Å²) >= 11 is 0. The molecule has 0 saturated heterocycles. The Morgan fingerprint density at radius 3 is 2.20 bits per heavy atom. The normalized spacial score (nSPS) is 43.4. The summed E-state index contributed by atoms with van der Waals surface area (Å²) in [5, 5.41) is 0. The monoisotopic (exact) mass is 208 g/mol. The largest absolute Gasteiger partial charge is 0.0620 e. The highest BCUT2D eigenvalue weighted by Crippen LogP contribution is 2.58. The predicted molar refractivity (Wildman–Crippen MR) is 66.8 cm³/mol. The molecule has 15 heavy (non-hydrogen) atoms. The first-order chi connectivity index (χ1) is 6.86. The van der Waals surface area contributed by atoms with Crippen LogP contribution >= 0.6 is 0 Å². The Morgan fingerprint density at radius 2 is 1.53 bits per heavy atom. The molecule has 0 aromatic carbocycles. The molecule has 2 saturated carbocycles. The standard InChI is InChI=1S/C15H28/c1-11-8-9-12-13(15(11,4)5)7-6-10-14(12,2)3/h11-13H,6-10H2,1-5H3. The lowest BCUT2D eigenvalue weighted by Gasteiger charge is -2.56. The third-order valence-electron chi connectivity index (χ3n) is 5.96. The first-order valence-electron chi connectivity index (χ1n) is 6.86. The van der Waals surface area contributed by atoms with E-state index in [1.165, 1.54) is 32.1 Å². The molecule has 0 bridgehead atoms. The molecule has 0 spiro atoms. The minimum Gasteiger partial charge on any atom is -0.0620 e. The van der Waals surface area contributed by atoms with Crippen molar-refractivity contribution < 1.29 is 0 Å². The quantitative estimate of drug-likeness (QED) is 0.532. The van der Waals surface area contributed by atoms with Crippen LogP contribution in [0.4, 0.5) is 0 Å². The Morgan fingerprint density at radius 1 is 0.867 bits per heavy atom. The van der Waals surface area contributed by atoms with Crippen molar-refractivity contribution in [3.63, 3.8) is 0 Å². The molecule has 0 nitrogen and oxygen atoms in total. The van der Waals surface area contributed by atoms with Gasteiger partial charge in [-0.3, -0.25) is 0 Å². The lowest BCUT2D eigenvalue weighted by molar-refractivity contribution is -0.0646. The molecule has 2 rings (SSSR count). The number of rotatable bonds is 0. The number of hydrogen-bond donors (Lipinski definition) is 0. The SMILES string of the molecule is CC1CCC2C(CCCC2(C)C)C1(C)C. The highest BCUT2D eigenvalue weighted by molar-refractivity contribution is 4.99. The van der Waals surface area contributed by atoms with Crippen LogP contribution in [0.1, 0.15) is 66.7 Å². The van der Waals surface area contributed by atoms with E-state index in [1.807, 2.05) is 0 Å². The molecule has 2 fully saturated rings. The Bertz CT molecular complexity index is 236. The molecule has 0 amide bonds. The van der Waals surface area contributed by atoms with Crippen molar-refractivity contribution in [2.75, 3.05) is 0 Å². The van der Waals surface area contributed by atoms with Gasteiger partial charge in [0, 0.05) is 0 Å². The van der Waals surface area contributed by atoms with Gasteiger partial charge >= 0.3 is 0 Å². The molecule has 0 aliphatic heterocycles. The summed E-state index contributed by atoms with van der Waals surface area (Å²) in [6.45, 7) is 12.5. The smallest absolute Gasteiger partial charge is 0.0297 e. The van der Waals surface area contributed by atoms with Gasteiger partial charge in [-0.1, -0.05) is 41.0 Å². The summed E-state index contributed by atoms with van der Waals surface area (Å²) in [5.41, 5.74) is 1.20. The third kappa shape index (κ3) is 1.74. The summed E-state index contributed by atoms with van der Waals surface area (Å²) in [6.07, 6.45) is 7.36. The van der Waals surface area contributed by atoms with Crippen LogP contribution < -0.4 is 0 Å². The highest BCUT2D eigenvalue weighted by Gasteiger charge is 2.49. The van der Waals surface area contributed by atoms with Crippen molar-refractivity contribution >= 4 is 0 Å². The van der Waals surface area contributed by atoms with E-state index in [-0.39, 0.29) is 0 Å². The van der Waals surface area contributed by atoms with Gasteiger partial charge in [-0.05, 0) is 54.3 Å². The summed E-state index contributed by atoms with van der Waals surface area (Å²) in [6, 6.07) is 0. The fourth-order valence-electron chi connectivity index (χ4n) is 4.36. The maximum Gasteiger partial charge on any atom is -0.0297 e. The van der Waals surface area contributed by atoms with E-state index in [0.717, 1.165) is 17.8 Å². The van der Waals surface area contributed by atoms with Crippen LogP contribution in [-0.4, -0.2) is 0 Å². The molecule has 2 aliphatic carbocycles. The van der Waals surface area contributed by atoms with E-state index in [9.17, 15) is 0 Å². The molecule has 0 aromatic heterocycles. The Balaban J connectivity index is 2.25. The molecule has 0 radical (unpaired) electrons. The van der Waals surface area contributed by atoms with Crippen LogP contribution in [0.25, 0.3) is 0 Å². The van der Waals surface area contributed by atoms with Crippen molar-refractivity contribution in [3.8, 4) is 0 Å². The summed E-state index contributed by atoms with van der Waals surface area (Å²) in [4.78, 5) is 0. The Hall–Kier alpha value is 0. The van der Waals surface area contributed by atoms with Gasteiger partial charge in [0.15, 0.2) is 0 Å². The van der Waals surface area contributed by atoms with Crippen LogP contribution in [0.2, 0.25) is 0 Å². The second-order valence-corrected chi connectivity index (χ2v) is 7.39. The summed E-state index contributed by atoms with van der Waals surface area (Å²) in [7, 11) is 0. The van der Waals surface area contributed by atoms with E-state index in [0.29, 0.717) is 10.8 Å². The lowest BCUT2D eigenvalue weighted by atomic mass is 9.49. The number of hydrogen-bond acceptors (Lipinski definition) is 0. The van der Waals surface area contributed by atoms with Gasteiger partial charge in [-0.25, -0.2) is 0 Å². The van der Waals surface area contributed by atoms with Crippen LogP contribution in [0.5, 0.6) is 0 Å². The van der Waals surface area contributed by atoms with Gasteiger partial charge in [0.1, 0.15) is 0 Å². The fourth-order valence-corrected chi connectivity index (χ4v) is 4.36. The van der Waals surface area contributed by atoms with Crippen molar-refractivity contribution in [1.29, 1.82) is 0 Å². The average molecular weight is 208 g/mol. The van der Waals surface area contributed by atoms with E-state index < -0.39 is 0 Å². The van der Waals surface area contributed by atoms with E-state index in [2.05, 4.69) is 34.6 Å². The van der Waals surface area contributed by atoms with Crippen molar-refractivity contribution in [2.45, 2.75) is 66.7 Å². The zero-order valence-corrected chi connectivity index (χ0v) is 11.3. The molecule has 2 aliphatic rings. The van der Waals surface area contributed by atoms with Gasteiger partial charge in [0.2, 0.25) is 0 Å². The minimum atomic E-state index is 0.584. The van der Waals surface area contributed by atoms with Gasteiger partial charge in [-0.15, -0.1) is 0 Å². The zero-order chi connectivity index (χ0) is 11.3. The van der Waals surface area contributed by atoms with Gasteiger partial charge < -0.3 is 0 Å². The van der Waals surface area contributed by atoms with E-state index >= 15 is 0 Å². The zero-order valence-electron chi connectivity index (χ0n) is 11.3. The van der Waals surface area contributed by atoms with Gasteiger partial charge in [0.25, 0.3) is 0 Å². The molecular weight excluding hydrogens is 180 g/mol. The van der Waals surface area contributed by atoms with Gasteiger partial charge in [-0.2, -0.15) is 0 Å². The predicted octanol–water partition coefficient (Wildman–Crippen LogP) is 4.89. The molecule has 3 atom stereocenters. The topological polar surface area (TPSA) is 0 Å². The van der Waals surface area contributed by atoms with Crippen LogP contribution in [0.3, 0.4) is 0 Å². The summed E-state index contributed by atoms with van der Waals surface area (Å²) in [5.74, 6) is 2.91. The highest BCUT2D eigenvalue weighted by atomic mass is 14.5. The maximum atomic E-state index is 2.52. The first-order valence-corrected chi connectivity index (χ1v) is 6.86. The van der Waals surface area contributed by atoms with Crippen LogP contribution in [0.15, 0.2) is 0 Å². The van der Waals surface area contributed by atoms with Crippen molar-refractivity contribution in [3.05, 3.63) is 0 Å². The number of fused-ring (bicyclic) bond motifs is 1. The Labute approximate surface area is 95.8 Å². The first kappa shape index (κ1) is 11.5. The maximum absolute atomic E-state index is 2.52. The van der Waals surface area contributed by atoms with Crippen LogP contribution in [-0.2, 0) is 0 Å². The second-order valence-electron chi connectivity index (χ2n) is 7.39.